The maximum Gasteiger partial charge on any atom is 0.0731 e. The smallest absolute Gasteiger partial charge is 0.0731 e. The lowest BCUT2D eigenvalue weighted by molar-refractivity contribution is -0.0641. The highest BCUT2D eigenvalue weighted by atomic mass is 16.5. The van der Waals surface area contributed by atoms with Gasteiger partial charge in [0.1, 0.15) is 0 Å². The largest absolute Gasteiger partial charge is 0.373 e. The minimum atomic E-state index is 0.488. The van der Waals surface area contributed by atoms with Crippen molar-refractivity contribution in [2.75, 3.05) is 6.54 Å². The lowest BCUT2D eigenvalue weighted by Gasteiger charge is -2.36. The number of ether oxygens (including phenoxy) is 1. The SMILES string of the molecule is CCNC1CCCCC1OC1CCC(C)CC1. The average molecular weight is 239 g/mol. The summed E-state index contributed by atoms with van der Waals surface area (Å²) in [5, 5.41) is 3.61. The normalized spacial score (nSPS) is 39.2. The van der Waals surface area contributed by atoms with Crippen molar-refractivity contribution < 1.29 is 4.74 Å². The molecule has 2 atom stereocenters. The van der Waals surface area contributed by atoms with E-state index in [9.17, 15) is 0 Å². The Morgan fingerprint density at radius 3 is 2.41 bits per heavy atom. The Kier molecular flexibility index (Phi) is 5.30. The van der Waals surface area contributed by atoms with Crippen LogP contribution in [-0.4, -0.2) is 24.8 Å². The van der Waals surface area contributed by atoms with Crippen LogP contribution in [0.2, 0.25) is 0 Å². The van der Waals surface area contributed by atoms with E-state index in [1.54, 1.807) is 0 Å². The highest BCUT2D eigenvalue weighted by molar-refractivity contribution is 4.83. The first-order chi connectivity index (χ1) is 8.29. The third-order valence-electron chi connectivity index (χ3n) is 4.50. The number of hydrogen-bond donors (Lipinski definition) is 1. The second kappa shape index (κ2) is 6.75. The number of hydrogen-bond acceptors (Lipinski definition) is 2. The zero-order valence-electron chi connectivity index (χ0n) is 11.6. The van der Waals surface area contributed by atoms with E-state index in [1.165, 1.54) is 51.4 Å². The van der Waals surface area contributed by atoms with Crippen LogP contribution in [0, 0.1) is 5.92 Å². The molecular weight excluding hydrogens is 210 g/mol. The molecule has 0 aromatic rings. The van der Waals surface area contributed by atoms with E-state index in [-0.39, 0.29) is 0 Å². The second-order valence-corrected chi connectivity index (χ2v) is 6.01. The van der Waals surface area contributed by atoms with Gasteiger partial charge in [-0.25, -0.2) is 0 Å². The molecule has 0 spiro atoms. The summed E-state index contributed by atoms with van der Waals surface area (Å²) in [4.78, 5) is 0. The Balaban J connectivity index is 1.79. The Labute approximate surface area is 107 Å². The Morgan fingerprint density at radius 1 is 1.00 bits per heavy atom. The van der Waals surface area contributed by atoms with E-state index < -0.39 is 0 Å². The van der Waals surface area contributed by atoms with Crippen LogP contribution >= 0.6 is 0 Å². The van der Waals surface area contributed by atoms with Crippen LogP contribution in [0.1, 0.15) is 65.2 Å². The molecule has 17 heavy (non-hydrogen) atoms. The van der Waals surface area contributed by atoms with Crippen LogP contribution in [-0.2, 0) is 4.74 Å². The van der Waals surface area contributed by atoms with Gasteiger partial charge in [-0.2, -0.15) is 0 Å². The highest BCUT2D eigenvalue weighted by Crippen LogP contribution is 2.29. The summed E-state index contributed by atoms with van der Waals surface area (Å²) < 4.78 is 6.38. The van der Waals surface area contributed by atoms with Gasteiger partial charge in [0, 0.05) is 6.04 Å². The van der Waals surface area contributed by atoms with E-state index in [0.29, 0.717) is 18.2 Å². The van der Waals surface area contributed by atoms with Crippen molar-refractivity contribution >= 4 is 0 Å². The van der Waals surface area contributed by atoms with Crippen molar-refractivity contribution in [3.8, 4) is 0 Å². The quantitative estimate of drug-likeness (QED) is 0.810. The van der Waals surface area contributed by atoms with Crippen LogP contribution in [0.15, 0.2) is 0 Å². The standard InChI is InChI=1S/C15H29NO/c1-3-16-14-6-4-5-7-15(14)17-13-10-8-12(2)9-11-13/h12-16H,3-11H2,1-2H3. The predicted octanol–water partition coefficient (Wildman–Crippen LogP) is 3.50. The molecule has 2 aliphatic rings. The molecule has 2 nitrogen and oxygen atoms in total. The van der Waals surface area contributed by atoms with Gasteiger partial charge in [-0.05, 0) is 51.0 Å². The van der Waals surface area contributed by atoms with Crippen LogP contribution in [0.5, 0.6) is 0 Å². The summed E-state index contributed by atoms with van der Waals surface area (Å²) >= 11 is 0. The molecule has 0 aliphatic heterocycles. The van der Waals surface area contributed by atoms with Gasteiger partial charge < -0.3 is 10.1 Å². The van der Waals surface area contributed by atoms with E-state index in [2.05, 4.69) is 19.2 Å². The maximum absolute atomic E-state index is 6.38. The van der Waals surface area contributed by atoms with E-state index in [4.69, 9.17) is 4.74 Å². The zero-order valence-corrected chi connectivity index (χ0v) is 11.6. The van der Waals surface area contributed by atoms with Gasteiger partial charge in [-0.15, -0.1) is 0 Å². The van der Waals surface area contributed by atoms with Gasteiger partial charge in [0.25, 0.3) is 0 Å². The Hall–Kier alpha value is -0.0800. The van der Waals surface area contributed by atoms with Gasteiger partial charge in [-0.1, -0.05) is 26.7 Å². The number of likely N-dealkylation sites (N-methyl/N-ethyl adjacent to an activating group) is 1. The monoisotopic (exact) mass is 239 g/mol. The highest BCUT2D eigenvalue weighted by Gasteiger charge is 2.29. The molecule has 0 bridgehead atoms. The molecule has 0 radical (unpaired) electrons. The molecule has 0 saturated heterocycles. The molecule has 2 fully saturated rings. The summed E-state index contributed by atoms with van der Waals surface area (Å²) in [7, 11) is 0. The Morgan fingerprint density at radius 2 is 1.71 bits per heavy atom. The van der Waals surface area contributed by atoms with Crippen LogP contribution in [0.4, 0.5) is 0 Å². The lowest BCUT2D eigenvalue weighted by atomic mass is 9.87. The van der Waals surface area contributed by atoms with Gasteiger partial charge in [0.05, 0.1) is 12.2 Å². The van der Waals surface area contributed by atoms with Crippen LogP contribution < -0.4 is 5.32 Å². The van der Waals surface area contributed by atoms with Gasteiger partial charge in [0.2, 0.25) is 0 Å². The molecule has 2 unspecified atom stereocenters. The molecule has 2 heteroatoms. The fourth-order valence-corrected chi connectivity index (χ4v) is 3.37. The summed E-state index contributed by atoms with van der Waals surface area (Å²) in [5.41, 5.74) is 0. The van der Waals surface area contributed by atoms with Crippen LogP contribution in [0.3, 0.4) is 0 Å². The summed E-state index contributed by atoms with van der Waals surface area (Å²) in [6, 6.07) is 0.619. The third kappa shape index (κ3) is 3.96. The fraction of sp³-hybridized carbons (Fsp3) is 1.00. The number of rotatable bonds is 4. The van der Waals surface area contributed by atoms with Crippen molar-refractivity contribution in [1.29, 1.82) is 0 Å². The Bertz CT molecular complexity index is 209. The van der Waals surface area contributed by atoms with E-state index in [0.717, 1.165) is 12.5 Å². The molecular formula is C15H29NO. The molecule has 100 valence electrons. The summed E-state index contributed by atoms with van der Waals surface area (Å²) in [6.07, 6.45) is 11.7. The average Bonchev–Trinajstić information content (AvgIpc) is 2.35. The van der Waals surface area contributed by atoms with Gasteiger partial charge in [-0.3, -0.25) is 0 Å². The molecule has 2 aliphatic carbocycles. The summed E-state index contributed by atoms with van der Waals surface area (Å²) in [5.74, 6) is 0.922. The van der Waals surface area contributed by atoms with Gasteiger partial charge >= 0.3 is 0 Å². The van der Waals surface area contributed by atoms with Crippen LogP contribution in [0.25, 0.3) is 0 Å². The zero-order chi connectivity index (χ0) is 12.1. The minimum Gasteiger partial charge on any atom is -0.373 e. The molecule has 0 aromatic heterocycles. The van der Waals surface area contributed by atoms with Crippen molar-refractivity contribution in [3.63, 3.8) is 0 Å². The predicted molar refractivity (Wildman–Crippen MR) is 72.2 cm³/mol. The van der Waals surface area contributed by atoms with Crippen molar-refractivity contribution in [3.05, 3.63) is 0 Å². The van der Waals surface area contributed by atoms with Crippen molar-refractivity contribution in [1.82, 2.24) is 5.32 Å². The van der Waals surface area contributed by atoms with Gasteiger partial charge in [0.15, 0.2) is 0 Å². The van der Waals surface area contributed by atoms with Crippen molar-refractivity contribution in [2.45, 2.75) is 83.5 Å². The first-order valence-corrected chi connectivity index (χ1v) is 7.68. The number of nitrogens with one attached hydrogen (secondary N) is 1. The fourth-order valence-electron chi connectivity index (χ4n) is 3.37. The molecule has 0 amide bonds. The van der Waals surface area contributed by atoms with E-state index >= 15 is 0 Å². The first-order valence-electron chi connectivity index (χ1n) is 7.68. The lowest BCUT2D eigenvalue weighted by Crippen LogP contribution is -2.45. The van der Waals surface area contributed by atoms with E-state index in [1.807, 2.05) is 0 Å². The second-order valence-electron chi connectivity index (χ2n) is 6.01. The summed E-state index contributed by atoms with van der Waals surface area (Å²) in [6.45, 7) is 5.65. The molecule has 2 saturated carbocycles. The minimum absolute atomic E-state index is 0.488. The first kappa shape index (κ1) is 13.4. The molecule has 2 rings (SSSR count). The molecule has 0 aromatic carbocycles. The molecule has 0 heterocycles. The maximum atomic E-state index is 6.38. The molecule has 1 N–H and O–H groups in total. The topological polar surface area (TPSA) is 21.3 Å². The van der Waals surface area contributed by atoms with Crippen molar-refractivity contribution in [2.24, 2.45) is 5.92 Å². The third-order valence-corrected chi connectivity index (χ3v) is 4.50.